The van der Waals surface area contributed by atoms with Gasteiger partial charge in [0.25, 0.3) is 10.0 Å². The minimum Gasteiger partial charge on any atom is -0.392 e. The minimum atomic E-state index is -3.76. The van der Waals surface area contributed by atoms with Gasteiger partial charge in [0.05, 0.1) is 17.2 Å². The minimum absolute atomic E-state index is 0.0331. The Morgan fingerprint density at radius 1 is 1.14 bits per heavy atom. The normalized spacial score (nSPS) is 11.4. The van der Waals surface area contributed by atoms with Crippen LogP contribution < -0.4 is 4.72 Å². The maximum Gasteiger partial charge on any atom is 0.261 e. The molecule has 2 N–H and O–H groups in total. The summed E-state index contributed by atoms with van der Waals surface area (Å²) in [6.07, 6.45) is 0. The van der Waals surface area contributed by atoms with Gasteiger partial charge in [0.2, 0.25) is 0 Å². The molecule has 0 aliphatic rings. The van der Waals surface area contributed by atoms with Crippen LogP contribution in [0.5, 0.6) is 0 Å². The summed E-state index contributed by atoms with van der Waals surface area (Å²) in [4.78, 5) is 0.0331. The van der Waals surface area contributed by atoms with E-state index in [-0.39, 0.29) is 11.5 Å². The molecular weight excluding hydrogens is 445 g/mol. The molecule has 0 unspecified atom stereocenters. The Hall–Kier alpha value is -0.600. The van der Waals surface area contributed by atoms with Gasteiger partial charge in [0.1, 0.15) is 0 Å². The lowest BCUT2D eigenvalue weighted by Gasteiger charge is -2.11. The molecule has 2 aromatic rings. The van der Waals surface area contributed by atoms with Gasteiger partial charge >= 0.3 is 0 Å². The fourth-order valence-electron chi connectivity index (χ4n) is 1.62. The zero-order valence-electron chi connectivity index (χ0n) is 10.5. The number of benzene rings is 2. The Balaban J connectivity index is 2.38. The first kappa shape index (κ1) is 16.8. The van der Waals surface area contributed by atoms with Gasteiger partial charge in [-0.2, -0.15) is 0 Å². The molecular formula is C13H10Br2ClNO3S. The van der Waals surface area contributed by atoms with E-state index >= 15 is 0 Å². The molecule has 21 heavy (non-hydrogen) atoms. The van der Waals surface area contributed by atoms with Crippen molar-refractivity contribution >= 4 is 59.2 Å². The van der Waals surface area contributed by atoms with Crippen LogP contribution in [0.15, 0.2) is 50.2 Å². The fraction of sp³-hybridized carbons (Fsp3) is 0.0769. The Morgan fingerprint density at radius 2 is 1.86 bits per heavy atom. The molecule has 0 aliphatic heterocycles. The highest BCUT2D eigenvalue weighted by Crippen LogP contribution is 2.29. The van der Waals surface area contributed by atoms with Crippen LogP contribution in [0.3, 0.4) is 0 Å². The summed E-state index contributed by atoms with van der Waals surface area (Å²) < 4.78 is 28.6. The summed E-state index contributed by atoms with van der Waals surface area (Å²) in [7, 11) is -3.76. The van der Waals surface area contributed by atoms with Crippen LogP contribution in [-0.2, 0) is 16.6 Å². The van der Waals surface area contributed by atoms with Crippen molar-refractivity contribution in [3.05, 3.63) is 55.9 Å². The molecule has 0 radical (unpaired) electrons. The number of aliphatic hydroxyl groups excluding tert-OH is 1. The summed E-state index contributed by atoms with van der Waals surface area (Å²) in [6.45, 7) is -0.329. The molecule has 0 saturated heterocycles. The SMILES string of the molecule is O=S(=O)(Nc1ccc(Br)cc1Br)c1ccc(Cl)c(CO)c1. The summed E-state index contributed by atoms with van der Waals surface area (Å²) in [5, 5.41) is 9.48. The van der Waals surface area contributed by atoms with Crippen molar-refractivity contribution in [1.82, 2.24) is 0 Å². The number of nitrogens with one attached hydrogen (secondary N) is 1. The summed E-state index contributed by atoms with van der Waals surface area (Å²) in [5.41, 5.74) is 0.771. The molecule has 0 saturated carbocycles. The highest BCUT2D eigenvalue weighted by atomic mass is 79.9. The molecule has 2 aromatic carbocycles. The zero-order chi connectivity index (χ0) is 15.6. The summed E-state index contributed by atoms with van der Waals surface area (Å²) >= 11 is 12.5. The first-order valence-corrected chi connectivity index (χ1v) is 9.15. The van der Waals surface area contributed by atoms with Gasteiger partial charge < -0.3 is 5.11 Å². The Kier molecular flexibility index (Phi) is 5.32. The Morgan fingerprint density at radius 3 is 2.48 bits per heavy atom. The van der Waals surface area contributed by atoms with Crippen molar-refractivity contribution in [2.75, 3.05) is 4.72 Å². The van der Waals surface area contributed by atoms with E-state index in [1.807, 2.05) is 0 Å². The second kappa shape index (κ2) is 6.66. The largest absolute Gasteiger partial charge is 0.392 e. The second-order valence-corrected chi connectivity index (χ2v) is 8.00. The molecule has 0 amide bonds. The van der Waals surface area contributed by atoms with Crippen LogP contribution in [0.4, 0.5) is 5.69 Å². The van der Waals surface area contributed by atoms with Crippen molar-refractivity contribution in [2.24, 2.45) is 0 Å². The topological polar surface area (TPSA) is 66.4 Å². The number of halogens is 3. The maximum absolute atomic E-state index is 12.3. The lowest BCUT2D eigenvalue weighted by Crippen LogP contribution is -2.13. The number of hydrogen-bond donors (Lipinski definition) is 2. The average Bonchev–Trinajstić information content (AvgIpc) is 2.42. The Labute approximate surface area is 144 Å². The van der Waals surface area contributed by atoms with E-state index in [0.717, 1.165) is 4.47 Å². The van der Waals surface area contributed by atoms with Crippen molar-refractivity contribution in [1.29, 1.82) is 0 Å². The number of anilines is 1. The fourth-order valence-corrected chi connectivity index (χ4v) is 4.20. The molecule has 0 spiro atoms. The van der Waals surface area contributed by atoms with E-state index in [4.69, 9.17) is 16.7 Å². The highest BCUT2D eigenvalue weighted by molar-refractivity contribution is 9.11. The van der Waals surface area contributed by atoms with E-state index in [1.54, 1.807) is 18.2 Å². The summed E-state index contributed by atoms with van der Waals surface area (Å²) in [5.74, 6) is 0. The molecule has 0 fully saturated rings. The van der Waals surface area contributed by atoms with Gasteiger partial charge in [-0.05, 0) is 57.9 Å². The average molecular weight is 456 g/mol. The Bertz CT molecular complexity index is 781. The molecule has 2 rings (SSSR count). The highest BCUT2D eigenvalue weighted by Gasteiger charge is 2.17. The maximum atomic E-state index is 12.3. The van der Waals surface area contributed by atoms with Gasteiger partial charge in [0, 0.05) is 14.0 Å². The summed E-state index contributed by atoms with van der Waals surface area (Å²) in [6, 6.07) is 9.27. The van der Waals surface area contributed by atoms with Gasteiger partial charge in [-0.1, -0.05) is 27.5 Å². The second-order valence-electron chi connectivity index (χ2n) is 4.14. The lowest BCUT2D eigenvalue weighted by molar-refractivity contribution is 0.281. The van der Waals surface area contributed by atoms with E-state index in [2.05, 4.69) is 36.6 Å². The van der Waals surface area contributed by atoms with Crippen LogP contribution in [0.25, 0.3) is 0 Å². The predicted molar refractivity (Wildman–Crippen MR) is 90.0 cm³/mol. The van der Waals surface area contributed by atoms with Crippen LogP contribution >= 0.6 is 43.5 Å². The predicted octanol–water partition coefficient (Wildman–Crippen LogP) is 4.16. The number of hydrogen-bond acceptors (Lipinski definition) is 3. The van der Waals surface area contributed by atoms with E-state index in [0.29, 0.717) is 20.7 Å². The van der Waals surface area contributed by atoms with Gasteiger partial charge in [-0.25, -0.2) is 8.42 Å². The smallest absolute Gasteiger partial charge is 0.261 e. The molecule has 8 heteroatoms. The molecule has 4 nitrogen and oxygen atoms in total. The zero-order valence-corrected chi connectivity index (χ0v) is 15.2. The van der Waals surface area contributed by atoms with Crippen LogP contribution in [0, 0.1) is 0 Å². The molecule has 112 valence electrons. The number of rotatable bonds is 4. The third-order valence-corrected chi connectivity index (χ3v) is 5.55. The molecule has 0 aromatic heterocycles. The molecule has 0 heterocycles. The molecule has 0 atom stereocenters. The van der Waals surface area contributed by atoms with E-state index in [9.17, 15) is 8.42 Å². The van der Waals surface area contributed by atoms with Gasteiger partial charge in [0.15, 0.2) is 0 Å². The van der Waals surface area contributed by atoms with Crippen molar-refractivity contribution < 1.29 is 13.5 Å². The van der Waals surface area contributed by atoms with Crippen molar-refractivity contribution in [3.63, 3.8) is 0 Å². The number of sulfonamides is 1. The van der Waals surface area contributed by atoms with Crippen LogP contribution in [0.2, 0.25) is 5.02 Å². The van der Waals surface area contributed by atoms with E-state index < -0.39 is 10.0 Å². The van der Waals surface area contributed by atoms with Crippen LogP contribution in [-0.4, -0.2) is 13.5 Å². The van der Waals surface area contributed by atoms with Crippen LogP contribution in [0.1, 0.15) is 5.56 Å². The third kappa shape index (κ3) is 3.98. The molecule has 0 bridgehead atoms. The quantitative estimate of drug-likeness (QED) is 0.728. The number of aliphatic hydroxyl groups is 1. The monoisotopic (exact) mass is 453 g/mol. The van der Waals surface area contributed by atoms with Crippen molar-refractivity contribution in [2.45, 2.75) is 11.5 Å². The first-order chi connectivity index (χ1) is 9.83. The standard InChI is InChI=1S/C13H10Br2ClNO3S/c14-9-1-4-13(11(15)6-9)17-21(19,20)10-2-3-12(16)8(5-10)7-18/h1-6,17-18H,7H2. The first-order valence-electron chi connectivity index (χ1n) is 5.70. The molecule has 0 aliphatic carbocycles. The van der Waals surface area contributed by atoms with Crippen molar-refractivity contribution in [3.8, 4) is 0 Å². The van der Waals surface area contributed by atoms with Gasteiger partial charge in [-0.15, -0.1) is 0 Å². The third-order valence-electron chi connectivity index (χ3n) is 2.67. The lowest BCUT2D eigenvalue weighted by atomic mass is 10.2. The van der Waals surface area contributed by atoms with Gasteiger partial charge in [-0.3, -0.25) is 4.72 Å². The van der Waals surface area contributed by atoms with E-state index in [1.165, 1.54) is 18.2 Å².